The third-order valence-electron chi connectivity index (χ3n) is 3.20. The van der Waals surface area contributed by atoms with Crippen LogP contribution < -0.4 is 10.6 Å². The van der Waals surface area contributed by atoms with Crippen molar-refractivity contribution in [2.45, 2.75) is 38.8 Å². The number of hydrogen-bond donors (Lipinski definition) is 2. The fraction of sp³-hybridized carbons (Fsp3) is 0.538. The lowest BCUT2D eigenvalue weighted by Crippen LogP contribution is -2.48. The van der Waals surface area contributed by atoms with E-state index in [0.717, 1.165) is 0 Å². The number of rotatable bonds is 3. The molecule has 1 unspecified atom stereocenters. The Balaban J connectivity index is 2.05. The minimum Gasteiger partial charge on any atom is -0.354 e. The first kappa shape index (κ1) is 13.9. The molecule has 5 nitrogen and oxygen atoms in total. The van der Waals surface area contributed by atoms with Crippen LogP contribution in [0.2, 0.25) is 5.02 Å². The van der Waals surface area contributed by atoms with Crippen LogP contribution in [0, 0.1) is 0 Å². The monoisotopic (exact) mass is 283 g/mol. The van der Waals surface area contributed by atoms with Crippen LogP contribution in [-0.2, 0) is 4.79 Å². The van der Waals surface area contributed by atoms with Gasteiger partial charge >= 0.3 is 0 Å². The predicted molar refractivity (Wildman–Crippen MR) is 73.3 cm³/mol. The summed E-state index contributed by atoms with van der Waals surface area (Å²) >= 11 is 5.96. The van der Waals surface area contributed by atoms with Gasteiger partial charge in [0.05, 0.1) is 5.02 Å². The lowest BCUT2D eigenvalue weighted by molar-refractivity contribution is -0.122. The summed E-state index contributed by atoms with van der Waals surface area (Å²) in [5.41, 5.74) is 0.553. The Bertz CT molecular complexity index is 486. The molecular formula is C13H18ClN3O2. The van der Waals surface area contributed by atoms with Gasteiger partial charge in [-0.1, -0.05) is 11.6 Å². The van der Waals surface area contributed by atoms with E-state index in [1.165, 1.54) is 0 Å². The van der Waals surface area contributed by atoms with E-state index in [1.807, 2.05) is 18.4 Å². The zero-order valence-corrected chi connectivity index (χ0v) is 11.8. The van der Waals surface area contributed by atoms with E-state index in [4.69, 9.17) is 11.6 Å². The topological polar surface area (TPSA) is 63.1 Å². The van der Waals surface area contributed by atoms with Gasteiger partial charge in [-0.25, -0.2) is 0 Å². The predicted octanol–water partition coefficient (Wildman–Crippen LogP) is 1.73. The molecule has 1 saturated heterocycles. The molecule has 6 heteroatoms. The van der Waals surface area contributed by atoms with Crippen LogP contribution in [0.1, 0.15) is 43.2 Å². The maximum Gasteiger partial charge on any atom is 0.268 e. The number of hydrogen-bond acceptors (Lipinski definition) is 2. The van der Waals surface area contributed by atoms with Crippen LogP contribution in [-0.4, -0.2) is 29.0 Å². The SMILES string of the molecule is CC(C)n1cc(Cl)cc1C(=O)NC1CCC(=O)NC1. The summed E-state index contributed by atoms with van der Waals surface area (Å²) in [6.45, 7) is 4.47. The number of carbonyl (C=O) groups excluding carboxylic acids is 2. The second-order valence-corrected chi connectivity index (χ2v) is 5.49. The highest BCUT2D eigenvalue weighted by atomic mass is 35.5. The molecule has 1 aromatic rings. The van der Waals surface area contributed by atoms with Crippen molar-refractivity contribution in [3.8, 4) is 0 Å². The molecule has 1 aliphatic heterocycles. The molecule has 2 amide bonds. The molecule has 0 radical (unpaired) electrons. The Morgan fingerprint density at radius 2 is 2.32 bits per heavy atom. The number of carbonyl (C=O) groups is 2. The number of nitrogens with zero attached hydrogens (tertiary/aromatic N) is 1. The molecule has 1 atom stereocenters. The summed E-state index contributed by atoms with van der Waals surface area (Å²) in [5, 5.41) is 6.23. The van der Waals surface area contributed by atoms with Crippen molar-refractivity contribution in [1.29, 1.82) is 0 Å². The highest BCUT2D eigenvalue weighted by Gasteiger charge is 2.22. The van der Waals surface area contributed by atoms with Gasteiger partial charge in [0.2, 0.25) is 5.91 Å². The van der Waals surface area contributed by atoms with Crippen molar-refractivity contribution in [1.82, 2.24) is 15.2 Å². The summed E-state index contributed by atoms with van der Waals surface area (Å²) in [7, 11) is 0. The lowest BCUT2D eigenvalue weighted by Gasteiger charge is -2.24. The van der Waals surface area contributed by atoms with E-state index >= 15 is 0 Å². The van der Waals surface area contributed by atoms with Crippen molar-refractivity contribution in [2.24, 2.45) is 0 Å². The second-order valence-electron chi connectivity index (χ2n) is 5.06. The van der Waals surface area contributed by atoms with Crippen LogP contribution in [0.5, 0.6) is 0 Å². The van der Waals surface area contributed by atoms with Gasteiger partial charge in [0.1, 0.15) is 5.69 Å². The van der Waals surface area contributed by atoms with E-state index < -0.39 is 0 Å². The highest BCUT2D eigenvalue weighted by Crippen LogP contribution is 2.19. The maximum atomic E-state index is 12.2. The molecule has 1 aromatic heterocycles. The largest absolute Gasteiger partial charge is 0.354 e. The van der Waals surface area contributed by atoms with Gasteiger partial charge in [0.25, 0.3) is 5.91 Å². The van der Waals surface area contributed by atoms with Crippen LogP contribution in [0.15, 0.2) is 12.3 Å². The molecule has 19 heavy (non-hydrogen) atoms. The second kappa shape index (κ2) is 5.65. The van der Waals surface area contributed by atoms with E-state index in [-0.39, 0.29) is 23.9 Å². The van der Waals surface area contributed by atoms with Gasteiger partial charge in [-0.05, 0) is 26.3 Å². The van der Waals surface area contributed by atoms with Gasteiger partial charge in [-0.15, -0.1) is 0 Å². The fourth-order valence-corrected chi connectivity index (χ4v) is 2.38. The zero-order valence-electron chi connectivity index (χ0n) is 11.1. The van der Waals surface area contributed by atoms with E-state index in [2.05, 4.69) is 10.6 Å². The normalized spacial score (nSPS) is 19.4. The van der Waals surface area contributed by atoms with Gasteiger partial charge in [-0.2, -0.15) is 0 Å². The van der Waals surface area contributed by atoms with Crippen molar-refractivity contribution < 1.29 is 9.59 Å². The third kappa shape index (κ3) is 3.29. The number of aromatic nitrogens is 1. The Kier molecular flexibility index (Phi) is 4.14. The molecular weight excluding hydrogens is 266 g/mol. The molecule has 0 aliphatic carbocycles. The molecule has 2 N–H and O–H groups in total. The molecule has 1 aliphatic rings. The average Bonchev–Trinajstić information content (AvgIpc) is 2.74. The minimum absolute atomic E-state index is 0.0144. The average molecular weight is 284 g/mol. The molecule has 0 spiro atoms. The fourth-order valence-electron chi connectivity index (χ4n) is 2.17. The molecule has 2 heterocycles. The van der Waals surface area contributed by atoms with Gasteiger partial charge in [0, 0.05) is 31.2 Å². The lowest BCUT2D eigenvalue weighted by atomic mass is 10.1. The Hall–Kier alpha value is -1.49. The van der Waals surface area contributed by atoms with E-state index in [9.17, 15) is 9.59 Å². The summed E-state index contributed by atoms with van der Waals surface area (Å²) in [6, 6.07) is 1.82. The van der Waals surface area contributed by atoms with Crippen molar-refractivity contribution in [3.05, 3.63) is 23.0 Å². The number of piperidine rings is 1. The van der Waals surface area contributed by atoms with Crippen molar-refractivity contribution in [3.63, 3.8) is 0 Å². The van der Waals surface area contributed by atoms with Crippen molar-refractivity contribution >= 4 is 23.4 Å². The molecule has 0 bridgehead atoms. The number of amides is 2. The molecule has 0 saturated carbocycles. The summed E-state index contributed by atoms with van der Waals surface area (Å²) in [6.07, 6.45) is 2.88. The van der Waals surface area contributed by atoms with E-state index in [0.29, 0.717) is 30.1 Å². The Labute approximate surface area is 117 Å². The quantitative estimate of drug-likeness (QED) is 0.887. The Morgan fingerprint density at radius 1 is 1.58 bits per heavy atom. The molecule has 1 fully saturated rings. The number of halogens is 1. The first-order valence-corrected chi connectivity index (χ1v) is 6.80. The number of nitrogens with one attached hydrogen (secondary N) is 2. The third-order valence-corrected chi connectivity index (χ3v) is 3.41. The summed E-state index contributed by atoms with van der Waals surface area (Å²) in [4.78, 5) is 23.3. The zero-order chi connectivity index (χ0) is 14.0. The standard InChI is InChI=1S/C13H18ClN3O2/c1-8(2)17-7-9(14)5-11(17)13(19)16-10-3-4-12(18)15-6-10/h5,7-8,10H,3-4,6H2,1-2H3,(H,15,18)(H,16,19). The van der Waals surface area contributed by atoms with Crippen LogP contribution in [0.25, 0.3) is 0 Å². The first-order chi connectivity index (χ1) is 8.97. The smallest absolute Gasteiger partial charge is 0.268 e. The molecule has 2 rings (SSSR count). The van der Waals surface area contributed by atoms with Gasteiger partial charge in [-0.3, -0.25) is 9.59 Å². The van der Waals surface area contributed by atoms with Crippen LogP contribution in [0.3, 0.4) is 0 Å². The van der Waals surface area contributed by atoms with E-state index in [1.54, 1.807) is 12.3 Å². The van der Waals surface area contributed by atoms with Gasteiger partial charge in [0.15, 0.2) is 0 Å². The van der Waals surface area contributed by atoms with Crippen LogP contribution in [0.4, 0.5) is 0 Å². The molecule has 0 aromatic carbocycles. The maximum absolute atomic E-state index is 12.2. The summed E-state index contributed by atoms with van der Waals surface area (Å²) in [5.74, 6) is -0.110. The van der Waals surface area contributed by atoms with Crippen LogP contribution >= 0.6 is 11.6 Å². The summed E-state index contributed by atoms with van der Waals surface area (Å²) < 4.78 is 1.85. The Morgan fingerprint density at radius 3 is 2.89 bits per heavy atom. The molecule has 104 valence electrons. The first-order valence-electron chi connectivity index (χ1n) is 6.42. The van der Waals surface area contributed by atoms with Crippen molar-refractivity contribution in [2.75, 3.05) is 6.54 Å². The van der Waals surface area contributed by atoms with Gasteiger partial charge < -0.3 is 15.2 Å². The minimum atomic E-state index is -0.151. The highest BCUT2D eigenvalue weighted by molar-refractivity contribution is 6.31.